The molecule has 0 spiro atoms. The molecule has 0 heterocycles. The van der Waals surface area contributed by atoms with Gasteiger partial charge in [0.1, 0.15) is 11.6 Å². The van der Waals surface area contributed by atoms with Gasteiger partial charge in [0.2, 0.25) is 0 Å². The fraction of sp³-hybridized carbons (Fsp3) is 0.200. The minimum absolute atomic E-state index is 0.0888. The maximum atomic E-state index is 13.4. The molecule has 2 aromatic carbocycles. The summed E-state index contributed by atoms with van der Waals surface area (Å²) in [6, 6.07) is 12.7. The average Bonchev–Trinajstić information content (AvgIpc) is 2.46. The highest BCUT2D eigenvalue weighted by Gasteiger charge is 2.16. The number of alkyl halides is 1. The van der Waals surface area contributed by atoms with Crippen molar-refractivity contribution >= 4 is 27.7 Å². The van der Waals surface area contributed by atoms with Crippen molar-refractivity contribution in [2.75, 3.05) is 13.4 Å². The van der Waals surface area contributed by atoms with Gasteiger partial charge in [-0.15, -0.1) is 11.8 Å². The lowest BCUT2D eigenvalue weighted by Crippen LogP contribution is -1.98. The highest BCUT2D eigenvalue weighted by Crippen LogP contribution is 2.37. The van der Waals surface area contributed by atoms with Crippen LogP contribution in [-0.2, 0) is 0 Å². The number of hydrogen-bond acceptors (Lipinski definition) is 2. The first-order valence-electron chi connectivity index (χ1n) is 5.77. The topological polar surface area (TPSA) is 9.23 Å². The van der Waals surface area contributed by atoms with Crippen LogP contribution < -0.4 is 4.74 Å². The molecule has 0 amide bonds. The Morgan fingerprint density at radius 3 is 2.42 bits per heavy atom. The first-order valence-corrected chi connectivity index (χ1v) is 7.91. The summed E-state index contributed by atoms with van der Waals surface area (Å²) in [5, 5.41) is 0. The second-order valence-electron chi connectivity index (χ2n) is 4.02. The Labute approximate surface area is 125 Å². The normalized spacial score (nSPS) is 12.2. The van der Waals surface area contributed by atoms with Crippen LogP contribution in [0.25, 0.3) is 0 Å². The monoisotopic (exact) mass is 340 g/mol. The van der Waals surface area contributed by atoms with Crippen LogP contribution in [0.3, 0.4) is 0 Å². The van der Waals surface area contributed by atoms with Gasteiger partial charge in [-0.3, -0.25) is 0 Å². The van der Waals surface area contributed by atoms with E-state index in [1.54, 1.807) is 24.9 Å². The van der Waals surface area contributed by atoms with Gasteiger partial charge >= 0.3 is 0 Å². The first kappa shape index (κ1) is 14.4. The molecule has 2 aromatic rings. The summed E-state index contributed by atoms with van der Waals surface area (Å²) in [5.74, 6) is 0.415. The number of hydrogen-bond donors (Lipinski definition) is 0. The molecule has 1 unspecified atom stereocenters. The highest BCUT2D eigenvalue weighted by atomic mass is 79.9. The van der Waals surface area contributed by atoms with Crippen molar-refractivity contribution in [3.8, 4) is 5.75 Å². The van der Waals surface area contributed by atoms with Gasteiger partial charge < -0.3 is 4.74 Å². The Balaban J connectivity index is 2.36. The third kappa shape index (κ3) is 3.31. The quantitative estimate of drug-likeness (QED) is 0.569. The first-order chi connectivity index (χ1) is 9.15. The zero-order valence-electron chi connectivity index (χ0n) is 10.7. The smallest absolute Gasteiger partial charge is 0.123 e. The Hall–Kier alpha value is -1.00. The molecule has 0 fully saturated rings. The Kier molecular flexibility index (Phi) is 4.88. The maximum absolute atomic E-state index is 13.4. The van der Waals surface area contributed by atoms with Crippen molar-refractivity contribution in [2.45, 2.75) is 9.72 Å². The van der Waals surface area contributed by atoms with Crippen molar-refractivity contribution in [1.29, 1.82) is 0 Å². The van der Waals surface area contributed by atoms with E-state index in [0.717, 1.165) is 11.1 Å². The number of benzene rings is 2. The molecular formula is C15H14BrFOS. The number of halogens is 2. The van der Waals surface area contributed by atoms with Crippen molar-refractivity contribution < 1.29 is 9.13 Å². The van der Waals surface area contributed by atoms with Crippen molar-refractivity contribution in [3.63, 3.8) is 0 Å². The molecule has 0 aromatic heterocycles. The van der Waals surface area contributed by atoms with Crippen LogP contribution in [0, 0.1) is 5.82 Å². The Bertz CT molecular complexity index is 557. The van der Waals surface area contributed by atoms with E-state index >= 15 is 0 Å². The average molecular weight is 341 g/mol. The van der Waals surface area contributed by atoms with E-state index in [-0.39, 0.29) is 10.6 Å². The summed E-state index contributed by atoms with van der Waals surface area (Å²) in [5.41, 5.74) is 1.86. The Morgan fingerprint density at radius 1 is 1.16 bits per heavy atom. The van der Waals surface area contributed by atoms with Crippen LogP contribution in [-0.4, -0.2) is 13.4 Å². The largest absolute Gasteiger partial charge is 0.496 e. The minimum atomic E-state index is -0.263. The van der Waals surface area contributed by atoms with Gasteiger partial charge in [0.25, 0.3) is 0 Å². The fourth-order valence-corrected chi connectivity index (χ4v) is 2.93. The standard InChI is InChI=1S/C15H14BrFOS/c1-18-14-8-5-11(17)9-13(14)15(16)10-3-6-12(19-2)7-4-10/h3-9,15H,1-2H3. The lowest BCUT2D eigenvalue weighted by molar-refractivity contribution is 0.409. The molecule has 1 atom stereocenters. The fourth-order valence-electron chi connectivity index (χ4n) is 1.86. The van der Waals surface area contributed by atoms with Crippen LogP contribution in [0.5, 0.6) is 5.75 Å². The summed E-state index contributed by atoms with van der Waals surface area (Å²) in [7, 11) is 1.59. The van der Waals surface area contributed by atoms with Gasteiger partial charge in [-0.25, -0.2) is 4.39 Å². The van der Waals surface area contributed by atoms with E-state index in [1.165, 1.54) is 17.0 Å². The van der Waals surface area contributed by atoms with Crippen molar-refractivity contribution in [3.05, 3.63) is 59.4 Å². The predicted octanol–water partition coefficient (Wildman–Crippen LogP) is 5.04. The van der Waals surface area contributed by atoms with E-state index in [2.05, 4.69) is 28.1 Å². The highest BCUT2D eigenvalue weighted by molar-refractivity contribution is 9.09. The van der Waals surface area contributed by atoms with Crippen molar-refractivity contribution in [2.24, 2.45) is 0 Å². The third-order valence-electron chi connectivity index (χ3n) is 2.87. The van der Waals surface area contributed by atoms with Crippen LogP contribution in [0.4, 0.5) is 4.39 Å². The molecule has 19 heavy (non-hydrogen) atoms. The van der Waals surface area contributed by atoms with Gasteiger partial charge in [0.15, 0.2) is 0 Å². The molecule has 0 aliphatic rings. The molecule has 0 radical (unpaired) electrons. The molecule has 1 nitrogen and oxygen atoms in total. The molecule has 4 heteroatoms. The minimum Gasteiger partial charge on any atom is -0.496 e. The molecule has 0 N–H and O–H groups in total. The van der Waals surface area contributed by atoms with Gasteiger partial charge in [-0.05, 0) is 42.2 Å². The van der Waals surface area contributed by atoms with E-state index in [0.29, 0.717) is 5.75 Å². The summed E-state index contributed by atoms with van der Waals surface area (Å²) < 4.78 is 18.7. The molecule has 0 saturated heterocycles. The number of ether oxygens (including phenoxy) is 1. The van der Waals surface area contributed by atoms with Crippen LogP contribution in [0.2, 0.25) is 0 Å². The molecule has 0 saturated carbocycles. The number of thioether (sulfide) groups is 1. The zero-order chi connectivity index (χ0) is 13.8. The van der Waals surface area contributed by atoms with Gasteiger partial charge in [0.05, 0.1) is 11.9 Å². The predicted molar refractivity (Wildman–Crippen MR) is 81.9 cm³/mol. The van der Waals surface area contributed by atoms with Crippen LogP contribution >= 0.6 is 27.7 Å². The second-order valence-corrected chi connectivity index (χ2v) is 5.82. The van der Waals surface area contributed by atoms with Crippen LogP contribution in [0.15, 0.2) is 47.4 Å². The van der Waals surface area contributed by atoms with Crippen molar-refractivity contribution in [1.82, 2.24) is 0 Å². The number of rotatable bonds is 4. The molecule has 0 aliphatic carbocycles. The van der Waals surface area contributed by atoms with Gasteiger partial charge in [-0.1, -0.05) is 28.1 Å². The lowest BCUT2D eigenvalue weighted by Gasteiger charge is -2.15. The molecule has 100 valence electrons. The lowest BCUT2D eigenvalue weighted by atomic mass is 10.0. The molecular weight excluding hydrogens is 327 g/mol. The molecule has 0 aliphatic heterocycles. The van der Waals surface area contributed by atoms with Gasteiger partial charge in [0, 0.05) is 10.5 Å². The van der Waals surface area contributed by atoms with E-state index < -0.39 is 0 Å². The third-order valence-corrected chi connectivity index (χ3v) is 4.64. The van der Waals surface area contributed by atoms with E-state index in [1.807, 2.05) is 18.4 Å². The van der Waals surface area contributed by atoms with E-state index in [9.17, 15) is 4.39 Å². The summed E-state index contributed by atoms with van der Waals surface area (Å²) in [6.45, 7) is 0. The second kappa shape index (κ2) is 6.44. The summed E-state index contributed by atoms with van der Waals surface area (Å²) in [6.07, 6.45) is 2.04. The SMILES string of the molecule is COc1ccc(F)cc1C(Br)c1ccc(SC)cc1. The zero-order valence-corrected chi connectivity index (χ0v) is 13.1. The maximum Gasteiger partial charge on any atom is 0.123 e. The van der Waals surface area contributed by atoms with Crippen LogP contribution in [0.1, 0.15) is 16.0 Å². The molecule has 2 rings (SSSR count). The Morgan fingerprint density at radius 2 is 1.84 bits per heavy atom. The summed E-state index contributed by atoms with van der Waals surface area (Å²) >= 11 is 5.31. The number of methoxy groups -OCH3 is 1. The summed E-state index contributed by atoms with van der Waals surface area (Å²) in [4.78, 5) is 1.11. The van der Waals surface area contributed by atoms with Gasteiger partial charge in [-0.2, -0.15) is 0 Å². The molecule has 0 bridgehead atoms. The van der Waals surface area contributed by atoms with E-state index in [4.69, 9.17) is 4.74 Å².